The molecule has 1 saturated heterocycles. The summed E-state index contributed by atoms with van der Waals surface area (Å²) in [6.45, 7) is 9.58. The Bertz CT molecular complexity index is 1220. The van der Waals surface area contributed by atoms with Crippen molar-refractivity contribution in [1.29, 1.82) is 0 Å². The van der Waals surface area contributed by atoms with Gasteiger partial charge in [-0.2, -0.15) is 0 Å². The quantitative estimate of drug-likeness (QED) is 0.420. The minimum absolute atomic E-state index is 0.0497. The summed E-state index contributed by atoms with van der Waals surface area (Å²) in [7, 11) is 0. The number of aromatic nitrogens is 2. The SMILES string of the molecule is CC(C)(C)c1ccc(NC(=O)c2cccnc2SCc2ccnc(NC(=O)CN3CCOCC3)c2)cc1. The summed E-state index contributed by atoms with van der Waals surface area (Å²) in [6.07, 6.45) is 3.36. The maximum atomic E-state index is 13.0. The normalized spacial score (nSPS) is 14.2. The van der Waals surface area contributed by atoms with E-state index in [9.17, 15) is 9.59 Å². The first-order chi connectivity index (χ1) is 17.8. The topological polar surface area (TPSA) is 96.4 Å². The van der Waals surface area contributed by atoms with Crippen LogP contribution in [-0.4, -0.2) is 59.5 Å². The number of benzene rings is 1. The van der Waals surface area contributed by atoms with Crippen LogP contribution in [0.3, 0.4) is 0 Å². The van der Waals surface area contributed by atoms with Crippen LogP contribution < -0.4 is 10.6 Å². The smallest absolute Gasteiger partial charge is 0.258 e. The largest absolute Gasteiger partial charge is 0.379 e. The number of morpholine rings is 1. The molecule has 2 amide bonds. The van der Waals surface area contributed by atoms with Crippen LogP contribution in [0.2, 0.25) is 0 Å². The molecule has 1 aliphatic rings. The molecule has 37 heavy (non-hydrogen) atoms. The van der Waals surface area contributed by atoms with Crippen LogP contribution in [0.1, 0.15) is 42.3 Å². The van der Waals surface area contributed by atoms with Crippen LogP contribution in [0.4, 0.5) is 11.5 Å². The number of ether oxygens (including phenoxy) is 1. The van der Waals surface area contributed by atoms with Crippen molar-refractivity contribution >= 4 is 35.1 Å². The highest BCUT2D eigenvalue weighted by Gasteiger charge is 2.17. The molecule has 0 unspecified atom stereocenters. The van der Waals surface area contributed by atoms with Gasteiger partial charge in [0, 0.05) is 36.9 Å². The molecule has 4 rings (SSSR count). The number of thioether (sulfide) groups is 1. The number of hydrogen-bond donors (Lipinski definition) is 2. The molecule has 0 radical (unpaired) electrons. The van der Waals surface area contributed by atoms with Crippen LogP contribution in [0.25, 0.3) is 0 Å². The first-order valence-corrected chi connectivity index (χ1v) is 13.3. The van der Waals surface area contributed by atoms with Gasteiger partial charge >= 0.3 is 0 Å². The van der Waals surface area contributed by atoms with Gasteiger partial charge in [0.25, 0.3) is 5.91 Å². The minimum atomic E-state index is -0.204. The van der Waals surface area contributed by atoms with Crippen molar-refractivity contribution in [2.24, 2.45) is 0 Å². The van der Waals surface area contributed by atoms with Gasteiger partial charge in [-0.1, -0.05) is 32.9 Å². The second kappa shape index (κ2) is 12.3. The summed E-state index contributed by atoms with van der Waals surface area (Å²) < 4.78 is 5.33. The number of amides is 2. The minimum Gasteiger partial charge on any atom is -0.379 e. The highest BCUT2D eigenvalue weighted by Crippen LogP contribution is 2.27. The Balaban J connectivity index is 1.36. The third-order valence-corrected chi connectivity index (χ3v) is 7.04. The Morgan fingerprint density at radius 1 is 1.00 bits per heavy atom. The van der Waals surface area contributed by atoms with Crippen molar-refractivity contribution in [1.82, 2.24) is 14.9 Å². The van der Waals surface area contributed by atoms with Gasteiger partial charge in [0.2, 0.25) is 5.91 Å². The Morgan fingerprint density at radius 2 is 1.76 bits per heavy atom. The van der Waals surface area contributed by atoms with Gasteiger partial charge in [-0.3, -0.25) is 14.5 Å². The molecule has 2 N–H and O–H groups in total. The van der Waals surface area contributed by atoms with E-state index in [0.29, 0.717) is 41.9 Å². The van der Waals surface area contributed by atoms with Crippen molar-refractivity contribution in [3.05, 3.63) is 77.6 Å². The molecular formula is C28H33N5O3S. The highest BCUT2D eigenvalue weighted by molar-refractivity contribution is 7.98. The summed E-state index contributed by atoms with van der Waals surface area (Å²) >= 11 is 1.47. The zero-order valence-electron chi connectivity index (χ0n) is 21.5. The van der Waals surface area contributed by atoms with Gasteiger partial charge < -0.3 is 15.4 Å². The third-order valence-electron chi connectivity index (χ3n) is 5.96. The highest BCUT2D eigenvalue weighted by atomic mass is 32.2. The fourth-order valence-electron chi connectivity index (χ4n) is 3.86. The molecule has 3 heterocycles. The zero-order chi connectivity index (χ0) is 26.3. The molecule has 1 aliphatic heterocycles. The molecular weight excluding hydrogens is 486 g/mol. The second-order valence-electron chi connectivity index (χ2n) is 9.91. The van der Waals surface area contributed by atoms with E-state index in [1.165, 1.54) is 17.3 Å². The number of nitrogens with zero attached hydrogens (tertiary/aromatic N) is 3. The molecule has 8 nitrogen and oxygen atoms in total. The lowest BCUT2D eigenvalue weighted by Gasteiger charge is -2.25. The number of anilines is 2. The van der Waals surface area contributed by atoms with E-state index in [0.717, 1.165) is 24.3 Å². The third kappa shape index (κ3) is 7.85. The second-order valence-corrected chi connectivity index (χ2v) is 10.9. The van der Waals surface area contributed by atoms with E-state index >= 15 is 0 Å². The zero-order valence-corrected chi connectivity index (χ0v) is 22.3. The van der Waals surface area contributed by atoms with Crippen molar-refractivity contribution in [3.8, 4) is 0 Å². The standard InChI is InChI=1S/C28H33N5O3S/c1-28(2,3)21-6-8-22(9-7-21)31-26(35)23-5-4-11-30-27(23)37-19-20-10-12-29-24(17-20)32-25(34)18-33-13-15-36-16-14-33/h4-12,17H,13-16,18-19H2,1-3H3,(H,31,35)(H,29,32,34). The molecule has 2 aromatic heterocycles. The number of nitrogens with one attached hydrogen (secondary N) is 2. The first kappa shape index (κ1) is 26.8. The number of rotatable bonds is 8. The lowest BCUT2D eigenvalue weighted by Crippen LogP contribution is -2.41. The van der Waals surface area contributed by atoms with E-state index in [1.54, 1.807) is 24.5 Å². The predicted octanol–water partition coefficient (Wildman–Crippen LogP) is 4.59. The average molecular weight is 520 g/mol. The van der Waals surface area contributed by atoms with Crippen molar-refractivity contribution < 1.29 is 14.3 Å². The van der Waals surface area contributed by atoms with Crippen molar-refractivity contribution in [3.63, 3.8) is 0 Å². The Hall–Kier alpha value is -3.27. The molecule has 3 aromatic rings. The molecule has 1 aromatic carbocycles. The molecule has 194 valence electrons. The Kier molecular flexibility index (Phi) is 8.91. The van der Waals surface area contributed by atoms with E-state index < -0.39 is 0 Å². The molecule has 0 spiro atoms. The average Bonchev–Trinajstić information content (AvgIpc) is 2.88. The van der Waals surface area contributed by atoms with Gasteiger partial charge in [0.1, 0.15) is 10.8 Å². The predicted molar refractivity (Wildman–Crippen MR) is 147 cm³/mol. The van der Waals surface area contributed by atoms with E-state index in [4.69, 9.17) is 4.74 Å². The summed E-state index contributed by atoms with van der Waals surface area (Å²) in [6, 6.07) is 15.2. The molecule has 0 aliphatic carbocycles. The molecule has 1 fully saturated rings. The molecule has 9 heteroatoms. The lowest BCUT2D eigenvalue weighted by molar-refractivity contribution is -0.118. The summed E-state index contributed by atoms with van der Waals surface area (Å²) in [5.41, 5.74) is 3.48. The summed E-state index contributed by atoms with van der Waals surface area (Å²) in [5.74, 6) is 0.782. The molecule has 0 bridgehead atoms. The molecule has 0 atom stereocenters. The van der Waals surface area contributed by atoms with Crippen molar-refractivity contribution in [2.75, 3.05) is 43.5 Å². The van der Waals surface area contributed by atoms with E-state index in [1.807, 2.05) is 36.4 Å². The van der Waals surface area contributed by atoms with Crippen LogP contribution >= 0.6 is 11.8 Å². The number of carbonyl (C=O) groups is 2. The van der Waals surface area contributed by atoms with Crippen molar-refractivity contribution in [2.45, 2.75) is 37.0 Å². The first-order valence-electron chi connectivity index (χ1n) is 12.3. The number of carbonyl (C=O) groups excluding carboxylic acids is 2. The van der Waals surface area contributed by atoms with Gasteiger partial charge in [0.15, 0.2) is 0 Å². The fraction of sp³-hybridized carbons (Fsp3) is 0.357. The van der Waals surface area contributed by atoms with Gasteiger partial charge in [0.05, 0.1) is 25.3 Å². The van der Waals surface area contributed by atoms with Gasteiger partial charge in [-0.05, 0) is 52.9 Å². The van der Waals surface area contributed by atoms with E-state index in [-0.39, 0.29) is 17.2 Å². The number of hydrogen-bond acceptors (Lipinski definition) is 7. The molecule has 0 saturated carbocycles. The number of pyridine rings is 2. The fourth-order valence-corrected chi connectivity index (χ4v) is 4.79. The Labute approximate surface area is 222 Å². The summed E-state index contributed by atoms with van der Waals surface area (Å²) in [4.78, 5) is 36.2. The van der Waals surface area contributed by atoms with Crippen LogP contribution in [0, 0.1) is 0 Å². The lowest BCUT2D eigenvalue weighted by atomic mass is 9.87. The van der Waals surface area contributed by atoms with Crippen LogP contribution in [0.15, 0.2) is 66.0 Å². The maximum Gasteiger partial charge on any atom is 0.258 e. The van der Waals surface area contributed by atoms with Gasteiger partial charge in [-0.15, -0.1) is 11.8 Å². The monoisotopic (exact) mass is 519 g/mol. The van der Waals surface area contributed by atoms with E-state index in [2.05, 4.69) is 46.3 Å². The van der Waals surface area contributed by atoms with Crippen LogP contribution in [-0.2, 0) is 20.7 Å². The van der Waals surface area contributed by atoms with Crippen LogP contribution in [0.5, 0.6) is 0 Å². The Morgan fingerprint density at radius 3 is 2.49 bits per heavy atom. The van der Waals surface area contributed by atoms with Gasteiger partial charge in [-0.25, -0.2) is 9.97 Å². The summed E-state index contributed by atoms with van der Waals surface area (Å²) in [5, 5.41) is 6.49. The maximum absolute atomic E-state index is 13.0.